The van der Waals surface area contributed by atoms with Crippen LogP contribution in [0.15, 0.2) is 0 Å². The van der Waals surface area contributed by atoms with Gasteiger partial charge in [0.2, 0.25) is 0 Å². The summed E-state index contributed by atoms with van der Waals surface area (Å²) in [6, 6.07) is 1.98. The van der Waals surface area contributed by atoms with E-state index in [2.05, 4.69) is 0 Å². The molecule has 3 heteroatoms. The molecule has 58 valence electrons. The molecular weight excluding hydrogens is 130 g/mol. The normalized spacial score (nSPS) is 12.5. The van der Waals surface area contributed by atoms with Crippen LogP contribution in [0.5, 0.6) is 0 Å². The molecule has 0 aliphatic carbocycles. The summed E-state index contributed by atoms with van der Waals surface area (Å²) in [5.74, 6) is -0.258. The molecule has 0 rings (SSSR count). The largest absolute Gasteiger partial charge is 0.395 e. The van der Waals surface area contributed by atoms with E-state index < -0.39 is 0 Å². The lowest BCUT2D eigenvalue weighted by molar-refractivity contribution is 0.126. The molecule has 0 aliphatic heterocycles. The Balaban J connectivity index is 3.20. The van der Waals surface area contributed by atoms with E-state index in [1.54, 1.807) is 0 Å². The van der Waals surface area contributed by atoms with E-state index in [4.69, 9.17) is 15.1 Å². The van der Waals surface area contributed by atoms with Gasteiger partial charge in [-0.2, -0.15) is 5.26 Å². The summed E-state index contributed by atoms with van der Waals surface area (Å²) < 4.78 is 5.01. The summed E-state index contributed by atoms with van der Waals surface area (Å²) in [6.45, 7) is 3.07. The number of nitrogens with zero attached hydrogens (tertiary/aromatic N) is 1. The van der Waals surface area contributed by atoms with Crippen molar-refractivity contribution >= 4 is 0 Å². The van der Waals surface area contributed by atoms with Gasteiger partial charge in [-0.3, -0.25) is 0 Å². The predicted octanol–water partition coefficient (Wildman–Crippen LogP) is 0.545. The number of hydrogen-bond acceptors (Lipinski definition) is 3. The summed E-state index contributed by atoms with van der Waals surface area (Å²) in [7, 11) is 0. The maximum atomic E-state index is 8.55. The van der Waals surface area contributed by atoms with Crippen LogP contribution in [0, 0.1) is 17.2 Å². The first-order chi connectivity index (χ1) is 4.85. The predicted molar refractivity (Wildman–Crippen MR) is 37.3 cm³/mol. The Bertz CT molecular complexity index is 109. The Morgan fingerprint density at radius 1 is 1.70 bits per heavy atom. The van der Waals surface area contributed by atoms with Crippen LogP contribution in [0.2, 0.25) is 0 Å². The molecular formula is C7H13NO2. The molecule has 0 aromatic rings. The summed E-state index contributed by atoms with van der Waals surface area (Å²) in [5.41, 5.74) is 0. The number of aliphatic hydroxyl groups excluding tert-OH is 1. The molecule has 0 heterocycles. The van der Waals surface area contributed by atoms with Crippen molar-refractivity contribution in [2.75, 3.05) is 19.8 Å². The molecule has 1 N–H and O–H groups in total. The van der Waals surface area contributed by atoms with Gasteiger partial charge in [-0.05, 0) is 13.3 Å². The molecule has 0 spiro atoms. The quantitative estimate of drug-likeness (QED) is 0.571. The highest BCUT2D eigenvalue weighted by Gasteiger charge is 2.03. The SMILES string of the molecule is CCOCCC(C#N)CO. The first-order valence-corrected chi connectivity index (χ1v) is 3.43. The number of rotatable bonds is 5. The molecule has 0 bridgehead atoms. The molecule has 0 saturated carbocycles. The summed E-state index contributed by atoms with van der Waals surface area (Å²) in [6.07, 6.45) is 0.626. The van der Waals surface area contributed by atoms with Gasteiger partial charge in [0.05, 0.1) is 18.6 Å². The summed E-state index contributed by atoms with van der Waals surface area (Å²) in [5, 5.41) is 16.9. The van der Waals surface area contributed by atoms with Crippen molar-refractivity contribution in [3.8, 4) is 6.07 Å². The van der Waals surface area contributed by atoms with Gasteiger partial charge in [0.25, 0.3) is 0 Å². The van der Waals surface area contributed by atoms with E-state index in [-0.39, 0.29) is 12.5 Å². The number of ether oxygens (including phenoxy) is 1. The third-order valence-electron chi connectivity index (χ3n) is 1.22. The lowest BCUT2D eigenvalue weighted by Gasteiger charge is -2.03. The van der Waals surface area contributed by atoms with Crippen LogP contribution in [0.1, 0.15) is 13.3 Å². The fourth-order valence-electron chi connectivity index (χ4n) is 0.567. The maximum Gasteiger partial charge on any atom is 0.0716 e. The van der Waals surface area contributed by atoms with Gasteiger partial charge in [-0.15, -0.1) is 0 Å². The van der Waals surface area contributed by atoms with Crippen molar-refractivity contribution in [1.29, 1.82) is 5.26 Å². The van der Waals surface area contributed by atoms with Crippen LogP contribution in [-0.2, 0) is 4.74 Å². The second kappa shape index (κ2) is 6.53. The topological polar surface area (TPSA) is 53.2 Å². The van der Waals surface area contributed by atoms with E-state index in [0.29, 0.717) is 19.6 Å². The minimum absolute atomic E-state index is 0.0659. The highest BCUT2D eigenvalue weighted by Crippen LogP contribution is 1.99. The van der Waals surface area contributed by atoms with Crippen LogP contribution < -0.4 is 0 Å². The fourth-order valence-corrected chi connectivity index (χ4v) is 0.567. The Labute approximate surface area is 61.2 Å². The minimum atomic E-state index is -0.258. The smallest absolute Gasteiger partial charge is 0.0716 e. The van der Waals surface area contributed by atoms with Gasteiger partial charge >= 0.3 is 0 Å². The minimum Gasteiger partial charge on any atom is -0.395 e. The van der Waals surface area contributed by atoms with Crippen molar-refractivity contribution in [2.24, 2.45) is 5.92 Å². The average molecular weight is 143 g/mol. The van der Waals surface area contributed by atoms with Crippen molar-refractivity contribution in [1.82, 2.24) is 0 Å². The number of aliphatic hydroxyl groups is 1. The first-order valence-electron chi connectivity index (χ1n) is 3.43. The maximum absolute atomic E-state index is 8.55. The average Bonchev–Trinajstić information content (AvgIpc) is 1.99. The van der Waals surface area contributed by atoms with E-state index in [9.17, 15) is 0 Å². The molecule has 0 aromatic carbocycles. The zero-order chi connectivity index (χ0) is 7.82. The highest BCUT2D eigenvalue weighted by molar-refractivity contribution is 4.81. The Kier molecular flexibility index (Phi) is 6.14. The fraction of sp³-hybridized carbons (Fsp3) is 0.857. The van der Waals surface area contributed by atoms with Crippen LogP contribution in [-0.4, -0.2) is 24.9 Å². The number of nitriles is 1. The zero-order valence-corrected chi connectivity index (χ0v) is 6.21. The van der Waals surface area contributed by atoms with E-state index >= 15 is 0 Å². The van der Waals surface area contributed by atoms with Crippen molar-refractivity contribution < 1.29 is 9.84 Å². The van der Waals surface area contributed by atoms with Crippen molar-refractivity contribution in [3.05, 3.63) is 0 Å². The van der Waals surface area contributed by atoms with Gasteiger partial charge < -0.3 is 9.84 Å². The van der Waals surface area contributed by atoms with E-state index in [1.807, 2.05) is 13.0 Å². The lowest BCUT2D eigenvalue weighted by atomic mass is 10.1. The van der Waals surface area contributed by atoms with Gasteiger partial charge in [-0.1, -0.05) is 0 Å². The van der Waals surface area contributed by atoms with Crippen LogP contribution in [0.3, 0.4) is 0 Å². The van der Waals surface area contributed by atoms with Crippen LogP contribution in [0.4, 0.5) is 0 Å². The monoisotopic (exact) mass is 143 g/mol. The first kappa shape index (κ1) is 9.41. The van der Waals surface area contributed by atoms with Gasteiger partial charge in [0.1, 0.15) is 0 Å². The standard InChI is InChI=1S/C7H13NO2/c1-2-10-4-3-7(5-8)6-9/h7,9H,2-4,6H2,1H3. The second-order valence-electron chi connectivity index (χ2n) is 1.99. The Morgan fingerprint density at radius 2 is 2.40 bits per heavy atom. The van der Waals surface area contributed by atoms with Crippen LogP contribution >= 0.6 is 0 Å². The van der Waals surface area contributed by atoms with Crippen molar-refractivity contribution in [3.63, 3.8) is 0 Å². The molecule has 1 unspecified atom stereocenters. The number of hydrogen-bond donors (Lipinski definition) is 1. The van der Waals surface area contributed by atoms with Crippen LogP contribution in [0.25, 0.3) is 0 Å². The molecule has 0 saturated heterocycles. The molecule has 3 nitrogen and oxygen atoms in total. The van der Waals surface area contributed by atoms with E-state index in [1.165, 1.54) is 0 Å². The summed E-state index contributed by atoms with van der Waals surface area (Å²) in [4.78, 5) is 0. The molecule has 0 radical (unpaired) electrons. The van der Waals surface area contributed by atoms with Gasteiger partial charge in [-0.25, -0.2) is 0 Å². The Hall–Kier alpha value is -0.590. The van der Waals surface area contributed by atoms with Crippen molar-refractivity contribution in [2.45, 2.75) is 13.3 Å². The van der Waals surface area contributed by atoms with Gasteiger partial charge in [0.15, 0.2) is 0 Å². The molecule has 0 amide bonds. The molecule has 0 fully saturated rings. The zero-order valence-electron chi connectivity index (χ0n) is 6.21. The molecule has 0 aromatic heterocycles. The third-order valence-corrected chi connectivity index (χ3v) is 1.22. The second-order valence-corrected chi connectivity index (χ2v) is 1.99. The van der Waals surface area contributed by atoms with Gasteiger partial charge in [0, 0.05) is 13.2 Å². The molecule has 0 aliphatic rings. The molecule has 1 atom stereocenters. The molecule has 10 heavy (non-hydrogen) atoms. The third kappa shape index (κ3) is 4.30. The lowest BCUT2D eigenvalue weighted by Crippen LogP contribution is -2.07. The van der Waals surface area contributed by atoms with E-state index in [0.717, 1.165) is 0 Å². The summed E-state index contributed by atoms with van der Waals surface area (Å²) >= 11 is 0. The highest BCUT2D eigenvalue weighted by atomic mass is 16.5. The Morgan fingerprint density at radius 3 is 2.80 bits per heavy atom.